The molecule has 0 fully saturated rings. The zero-order chi connectivity index (χ0) is 10.9. The van der Waals surface area contributed by atoms with Crippen LogP contribution in [-0.4, -0.2) is 17.2 Å². The Balaban J connectivity index is 3.08. The Morgan fingerprint density at radius 2 is 2.07 bits per heavy atom. The number of aryl methyl sites for hydroxylation is 1. The van der Waals surface area contributed by atoms with Crippen molar-refractivity contribution in [1.29, 1.82) is 0 Å². The van der Waals surface area contributed by atoms with Crippen LogP contribution < -0.4 is 0 Å². The maximum absolute atomic E-state index is 9.49. The number of aliphatic hydroxyl groups is 1. The molecule has 1 aromatic heterocycles. The van der Waals surface area contributed by atoms with Gasteiger partial charge in [0, 0.05) is 7.11 Å². The minimum atomic E-state index is -0.450. The van der Waals surface area contributed by atoms with Crippen molar-refractivity contribution in [2.75, 3.05) is 7.11 Å². The second kappa shape index (κ2) is 3.96. The molecule has 4 heteroatoms. The molecule has 0 aliphatic heterocycles. The van der Waals surface area contributed by atoms with Gasteiger partial charge in [0.05, 0.1) is 16.7 Å². The summed E-state index contributed by atoms with van der Waals surface area (Å²) < 4.78 is 5.34. The standard InChI is InChI=1S/C10H17NO2S/c1-6-8(7(2)12)14-9(11-6)10(3,4)13-5/h7,12H,1-5H3. The minimum Gasteiger partial charge on any atom is -0.388 e. The van der Waals surface area contributed by atoms with Crippen LogP contribution in [0.4, 0.5) is 0 Å². The molecule has 14 heavy (non-hydrogen) atoms. The van der Waals surface area contributed by atoms with E-state index >= 15 is 0 Å². The Morgan fingerprint density at radius 3 is 2.43 bits per heavy atom. The third kappa shape index (κ3) is 2.13. The lowest BCUT2D eigenvalue weighted by atomic mass is 10.1. The van der Waals surface area contributed by atoms with Crippen molar-refractivity contribution in [3.8, 4) is 0 Å². The van der Waals surface area contributed by atoms with Crippen LogP contribution >= 0.6 is 11.3 Å². The Morgan fingerprint density at radius 1 is 1.50 bits per heavy atom. The van der Waals surface area contributed by atoms with Crippen molar-refractivity contribution in [1.82, 2.24) is 4.98 Å². The predicted molar refractivity (Wildman–Crippen MR) is 57.5 cm³/mol. The molecule has 80 valence electrons. The van der Waals surface area contributed by atoms with Crippen molar-refractivity contribution in [2.24, 2.45) is 0 Å². The molecule has 0 aromatic carbocycles. The molecule has 3 nitrogen and oxygen atoms in total. The Bertz CT molecular complexity index is 318. The van der Waals surface area contributed by atoms with Crippen LogP contribution in [0.3, 0.4) is 0 Å². The number of aliphatic hydroxyl groups excluding tert-OH is 1. The first-order chi connectivity index (χ1) is 6.38. The summed E-state index contributed by atoms with van der Waals surface area (Å²) in [5.74, 6) is 0. The largest absolute Gasteiger partial charge is 0.388 e. The summed E-state index contributed by atoms with van der Waals surface area (Å²) in [6, 6.07) is 0. The predicted octanol–water partition coefficient (Wildman–Crippen LogP) is 2.39. The molecule has 1 heterocycles. The van der Waals surface area contributed by atoms with E-state index in [2.05, 4.69) is 4.98 Å². The van der Waals surface area contributed by atoms with Crippen LogP contribution in [0.2, 0.25) is 0 Å². The average Bonchev–Trinajstić information content (AvgIpc) is 2.48. The molecule has 0 radical (unpaired) electrons. The van der Waals surface area contributed by atoms with Crippen LogP contribution in [0.5, 0.6) is 0 Å². The fraction of sp³-hybridized carbons (Fsp3) is 0.700. The smallest absolute Gasteiger partial charge is 0.125 e. The Kier molecular flexibility index (Phi) is 3.29. The van der Waals surface area contributed by atoms with Crippen molar-refractivity contribution >= 4 is 11.3 Å². The number of rotatable bonds is 3. The maximum Gasteiger partial charge on any atom is 0.125 e. The Labute approximate surface area is 88.8 Å². The Hall–Kier alpha value is -0.450. The monoisotopic (exact) mass is 215 g/mol. The molecule has 1 aromatic rings. The highest BCUT2D eigenvalue weighted by atomic mass is 32.1. The summed E-state index contributed by atoms with van der Waals surface area (Å²) in [6.07, 6.45) is -0.450. The lowest BCUT2D eigenvalue weighted by molar-refractivity contribution is 0.0189. The molecule has 0 aliphatic rings. The summed E-state index contributed by atoms with van der Waals surface area (Å²) in [4.78, 5) is 5.33. The van der Waals surface area contributed by atoms with Gasteiger partial charge in [-0.2, -0.15) is 0 Å². The zero-order valence-corrected chi connectivity index (χ0v) is 10.1. The number of ether oxygens (including phenoxy) is 1. The second-order valence-corrected chi connectivity index (χ2v) is 4.89. The number of nitrogens with zero attached hydrogens (tertiary/aromatic N) is 1. The van der Waals surface area contributed by atoms with Gasteiger partial charge in [-0.1, -0.05) is 0 Å². The van der Waals surface area contributed by atoms with Crippen LogP contribution in [0.15, 0.2) is 0 Å². The van der Waals surface area contributed by atoms with Crippen LogP contribution in [0, 0.1) is 6.92 Å². The van der Waals surface area contributed by atoms with Crippen molar-refractivity contribution < 1.29 is 9.84 Å². The summed E-state index contributed by atoms with van der Waals surface area (Å²) in [5, 5.41) is 10.4. The maximum atomic E-state index is 9.49. The molecule has 0 aliphatic carbocycles. The van der Waals surface area contributed by atoms with E-state index in [0.29, 0.717) is 0 Å². The van der Waals surface area contributed by atoms with Gasteiger partial charge in [-0.25, -0.2) is 4.98 Å². The van der Waals surface area contributed by atoms with Gasteiger partial charge in [0.1, 0.15) is 10.6 Å². The minimum absolute atomic E-state index is 0.372. The number of methoxy groups -OCH3 is 1. The van der Waals surface area contributed by atoms with E-state index in [-0.39, 0.29) is 5.60 Å². The van der Waals surface area contributed by atoms with Crippen molar-refractivity contribution in [3.63, 3.8) is 0 Å². The van der Waals surface area contributed by atoms with Crippen LogP contribution in [0.1, 0.15) is 42.5 Å². The van der Waals surface area contributed by atoms with Gasteiger partial charge in [-0.15, -0.1) is 11.3 Å². The number of hydrogen-bond acceptors (Lipinski definition) is 4. The topological polar surface area (TPSA) is 42.4 Å². The highest BCUT2D eigenvalue weighted by Gasteiger charge is 2.25. The summed E-state index contributed by atoms with van der Waals surface area (Å²) in [7, 11) is 1.67. The van der Waals surface area contributed by atoms with Gasteiger partial charge in [-0.3, -0.25) is 0 Å². The first-order valence-corrected chi connectivity index (χ1v) is 5.41. The molecule has 0 spiro atoms. The van der Waals surface area contributed by atoms with E-state index in [4.69, 9.17) is 4.74 Å². The highest BCUT2D eigenvalue weighted by Crippen LogP contribution is 2.32. The molecule has 1 N–H and O–H groups in total. The highest BCUT2D eigenvalue weighted by molar-refractivity contribution is 7.12. The lowest BCUT2D eigenvalue weighted by Gasteiger charge is -2.19. The average molecular weight is 215 g/mol. The molecule has 0 bridgehead atoms. The van der Waals surface area contributed by atoms with Crippen molar-refractivity contribution in [3.05, 3.63) is 15.6 Å². The normalized spacial score (nSPS) is 14.4. The quantitative estimate of drug-likeness (QED) is 0.841. The fourth-order valence-corrected chi connectivity index (χ4v) is 2.22. The van der Waals surface area contributed by atoms with E-state index in [1.165, 1.54) is 11.3 Å². The molecule has 1 unspecified atom stereocenters. The fourth-order valence-electron chi connectivity index (χ4n) is 1.14. The molecule has 1 atom stereocenters. The SMILES string of the molecule is COC(C)(C)c1nc(C)c(C(C)O)s1. The van der Waals surface area contributed by atoms with Gasteiger partial charge >= 0.3 is 0 Å². The third-order valence-corrected chi connectivity index (χ3v) is 3.87. The molecule has 1 rings (SSSR count). The van der Waals surface area contributed by atoms with E-state index in [9.17, 15) is 5.11 Å². The molecular formula is C10H17NO2S. The molecule has 0 saturated carbocycles. The van der Waals surface area contributed by atoms with Gasteiger partial charge in [0.2, 0.25) is 0 Å². The number of thiazole rings is 1. The first-order valence-electron chi connectivity index (χ1n) is 4.59. The van der Waals surface area contributed by atoms with E-state index in [1.807, 2.05) is 20.8 Å². The number of hydrogen-bond donors (Lipinski definition) is 1. The molecule has 0 saturated heterocycles. The van der Waals surface area contributed by atoms with Crippen LogP contribution in [0.25, 0.3) is 0 Å². The van der Waals surface area contributed by atoms with Crippen molar-refractivity contribution in [2.45, 2.75) is 39.4 Å². The van der Waals surface area contributed by atoms with E-state index in [1.54, 1.807) is 14.0 Å². The van der Waals surface area contributed by atoms with Crippen LogP contribution in [-0.2, 0) is 10.3 Å². The molecular weight excluding hydrogens is 198 g/mol. The summed E-state index contributed by atoms with van der Waals surface area (Å²) >= 11 is 1.51. The summed E-state index contributed by atoms with van der Waals surface area (Å²) in [5.41, 5.74) is 0.521. The summed E-state index contributed by atoms with van der Waals surface area (Å²) in [6.45, 7) is 7.60. The van der Waals surface area contributed by atoms with Gasteiger partial charge in [0.15, 0.2) is 0 Å². The van der Waals surface area contributed by atoms with E-state index in [0.717, 1.165) is 15.6 Å². The van der Waals surface area contributed by atoms with Gasteiger partial charge < -0.3 is 9.84 Å². The first kappa shape index (κ1) is 11.6. The van der Waals surface area contributed by atoms with E-state index < -0.39 is 6.10 Å². The lowest BCUT2D eigenvalue weighted by Crippen LogP contribution is -2.18. The second-order valence-electron chi connectivity index (χ2n) is 3.86. The third-order valence-electron chi connectivity index (χ3n) is 2.24. The van der Waals surface area contributed by atoms with Gasteiger partial charge in [-0.05, 0) is 27.7 Å². The number of aromatic nitrogens is 1. The molecule has 0 amide bonds. The van der Waals surface area contributed by atoms with Gasteiger partial charge in [0.25, 0.3) is 0 Å². The zero-order valence-electron chi connectivity index (χ0n) is 9.29.